The first kappa shape index (κ1) is 15.4. The van der Waals surface area contributed by atoms with Crippen molar-refractivity contribution in [3.8, 4) is 17.3 Å². The lowest BCUT2D eigenvalue weighted by atomic mass is 10.1. The Bertz CT molecular complexity index is 976. The number of aromatic nitrogens is 3. The Kier molecular flexibility index (Phi) is 4.08. The van der Waals surface area contributed by atoms with Crippen molar-refractivity contribution in [1.82, 2.24) is 15.2 Å². The minimum Gasteiger partial charge on any atom is -0.319 e. The fourth-order valence-electron chi connectivity index (χ4n) is 2.45. The van der Waals surface area contributed by atoms with Gasteiger partial charge in [0.15, 0.2) is 0 Å². The molecule has 0 aliphatic rings. The summed E-state index contributed by atoms with van der Waals surface area (Å²) in [6.45, 7) is 3.47. The summed E-state index contributed by atoms with van der Waals surface area (Å²) in [4.78, 5) is 16.3. The van der Waals surface area contributed by atoms with E-state index in [0.717, 1.165) is 16.6 Å². The molecule has 0 radical (unpaired) electrons. The van der Waals surface area contributed by atoms with Crippen LogP contribution in [0, 0.1) is 11.3 Å². The number of hydrogen-bond donors (Lipinski definition) is 2. The molecule has 2 aromatic heterocycles. The third-order valence-electron chi connectivity index (χ3n) is 3.64. The van der Waals surface area contributed by atoms with Crippen molar-refractivity contribution >= 4 is 22.5 Å². The molecule has 0 unspecified atom stereocenters. The van der Waals surface area contributed by atoms with E-state index in [-0.39, 0.29) is 5.57 Å². The number of nitrogens with zero attached hydrogens (tertiary/aromatic N) is 3. The monoisotopic (exact) mass is 317 g/mol. The molecule has 0 bridgehead atoms. The van der Waals surface area contributed by atoms with Gasteiger partial charge in [0, 0.05) is 23.3 Å². The molecule has 1 aromatic carbocycles. The van der Waals surface area contributed by atoms with E-state index in [2.05, 4.69) is 20.5 Å². The number of rotatable bonds is 3. The van der Waals surface area contributed by atoms with Crippen LogP contribution in [0.3, 0.4) is 0 Å². The van der Waals surface area contributed by atoms with Gasteiger partial charge in [-0.15, -0.1) is 0 Å². The summed E-state index contributed by atoms with van der Waals surface area (Å²) >= 11 is 0. The molecule has 0 fully saturated rings. The lowest BCUT2D eigenvalue weighted by Crippen LogP contribution is -2.14. The molecule has 118 valence electrons. The Hall–Kier alpha value is -3.46. The van der Waals surface area contributed by atoms with Crippen LogP contribution in [0.1, 0.15) is 13.8 Å². The summed E-state index contributed by atoms with van der Waals surface area (Å²) in [6, 6.07) is 11.2. The molecule has 0 aliphatic heterocycles. The number of pyridine rings is 1. The summed E-state index contributed by atoms with van der Waals surface area (Å²) in [7, 11) is 0. The van der Waals surface area contributed by atoms with Gasteiger partial charge in [0.25, 0.3) is 5.91 Å². The molecule has 3 rings (SSSR count). The van der Waals surface area contributed by atoms with E-state index >= 15 is 0 Å². The normalized spacial score (nSPS) is 10.2. The summed E-state index contributed by atoms with van der Waals surface area (Å²) in [5, 5.41) is 20.1. The lowest BCUT2D eigenvalue weighted by Gasteiger charge is -2.06. The van der Waals surface area contributed by atoms with Crippen molar-refractivity contribution in [1.29, 1.82) is 5.26 Å². The zero-order valence-corrected chi connectivity index (χ0v) is 13.3. The quantitative estimate of drug-likeness (QED) is 0.571. The predicted molar refractivity (Wildman–Crippen MR) is 91.9 cm³/mol. The van der Waals surface area contributed by atoms with Gasteiger partial charge in [-0.1, -0.05) is 17.7 Å². The average molecular weight is 317 g/mol. The Morgan fingerprint density at radius 1 is 1.21 bits per heavy atom. The fourth-order valence-corrected chi connectivity index (χ4v) is 2.45. The van der Waals surface area contributed by atoms with Crippen LogP contribution in [0.2, 0.25) is 0 Å². The van der Waals surface area contributed by atoms with Crippen LogP contribution in [0.25, 0.3) is 22.2 Å². The van der Waals surface area contributed by atoms with Crippen LogP contribution in [-0.2, 0) is 4.79 Å². The first-order valence-electron chi connectivity index (χ1n) is 7.38. The second-order valence-corrected chi connectivity index (χ2v) is 5.48. The number of aromatic amines is 1. The van der Waals surface area contributed by atoms with Crippen molar-refractivity contribution in [3.05, 3.63) is 53.9 Å². The standard InChI is InChI=1S/C18H15N5O/c1-11(2)14(10-19)18(24)21-15-5-3-4-13-16(22-23-17(13)15)12-6-8-20-9-7-12/h3-9H,1-2H3,(H,21,24)(H,22,23). The average Bonchev–Trinajstić information content (AvgIpc) is 3.01. The SMILES string of the molecule is CC(C)=C(C#N)C(=O)Nc1cccc2c(-c3ccncc3)n[nH]c12. The smallest absolute Gasteiger partial charge is 0.266 e. The third kappa shape index (κ3) is 2.75. The van der Waals surface area contributed by atoms with Gasteiger partial charge in [-0.3, -0.25) is 14.9 Å². The van der Waals surface area contributed by atoms with E-state index in [1.165, 1.54) is 0 Å². The van der Waals surface area contributed by atoms with Gasteiger partial charge in [-0.2, -0.15) is 10.4 Å². The molecule has 6 nitrogen and oxygen atoms in total. The highest BCUT2D eigenvalue weighted by molar-refractivity contribution is 6.11. The zero-order chi connectivity index (χ0) is 17.1. The topological polar surface area (TPSA) is 94.5 Å². The molecule has 0 saturated heterocycles. The van der Waals surface area contributed by atoms with Gasteiger partial charge >= 0.3 is 0 Å². The number of anilines is 1. The number of benzene rings is 1. The van der Waals surface area contributed by atoms with Gasteiger partial charge in [-0.25, -0.2) is 0 Å². The molecule has 0 spiro atoms. The highest BCUT2D eigenvalue weighted by atomic mass is 16.1. The molecule has 0 atom stereocenters. The van der Waals surface area contributed by atoms with Crippen molar-refractivity contribution in [3.63, 3.8) is 0 Å². The predicted octanol–water partition coefficient (Wildman–Crippen LogP) is 3.42. The second kappa shape index (κ2) is 6.34. The Labute approximate surface area is 138 Å². The maximum Gasteiger partial charge on any atom is 0.266 e. The number of amides is 1. The van der Waals surface area contributed by atoms with Crippen molar-refractivity contribution in [2.75, 3.05) is 5.32 Å². The van der Waals surface area contributed by atoms with Crippen molar-refractivity contribution in [2.45, 2.75) is 13.8 Å². The molecule has 24 heavy (non-hydrogen) atoms. The molecule has 2 heterocycles. The zero-order valence-electron chi connectivity index (χ0n) is 13.3. The number of carbonyl (C=O) groups is 1. The Morgan fingerprint density at radius 3 is 2.62 bits per heavy atom. The van der Waals surface area contributed by atoms with Crippen LogP contribution in [-0.4, -0.2) is 21.1 Å². The Balaban J connectivity index is 2.03. The van der Waals surface area contributed by atoms with Crippen molar-refractivity contribution < 1.29 is 4.79 Å². The van der Waals surface area contributed by atoms with E-state index in [9.17, 15) is 4.79 Å². The number of nitriles is 1. The molecule has 1 amide bonds. The summed E-state index contributed by atoms with van der Waals surface area (Å²) in [6.07, 6.45) is 3.41. The number of allylic oxidation sites excluding steroid dienone is 1. The van der Waals surface area contributed by atoms with E-state index in [0.29, 0.717) is 16.8 Å². The number of H-pyrrole nitrogens is 1. The number of para-hydroxylation sites is 1. The van der Waals surface area contributed by atoms with Gasteiger partial charge in [-0.05, 0) is 32.0 Å². The number of hydrogen-bond acceptors (Lipinski definition) is 4. The minimum atomic E-state index is -0.426. The van der Waals surface area contributed by atoms with E-state index in [1.807, 2.05) is 30.3 Å². The first-order chi connectivity index (χ1) is 11.6. The molecular weight excluding hydrogens is 302 g/mol. The largest absolute Gasteiger partial charge is 0.319 e. The molecule has 2 N–H and O–H groups in total. The highest BCUT2D eigenvalue weighted by Crippen LogP contribution is 2.30. The first-order valence-corrected chi connectivity index (χ1v) is 7.38. The van der Waals surface area contributed by atoms with Crippen molar-refractivity contribution in [2.24, 2.45) is 0 Å². The molecular formula is C18H15N5O. The molecule has 3 aromatic rings. The van der Waals surface area contributed by atoms with E-state index < -0.39 is 5.91 Å². The lowest BCUT2D eigenvalue weighted by molar-refractivity contribution is -0.112. The van der Waals surface area contributed by atoms with Crippen LogP contribution < -0.4 is 5.32 Å². The molecule has 0 aliphatic carbocycles. The van der Waals surface area contributed by atoms with E-state index in [1.54, 1.807) is 32.3 Å². The number of carbonyl (C=O) groups excluding carboxylic acids is 1. The maximum atomic E-state index is 12.3. The number of fused-ring (bicyclic) bond motifs is 1. The molecule has 6 heteroatoms. The minimum absolute atomic E-state index is 0.112. The van der Waals surface area contributed by atoms with Crippen LogP contribution in [0.4, 0.5) is 5.69 Å². The van der Waals surface area contributed by atoms with Crippen LogP contribution in [0.15, 0.2) is 53.9 Å². The maximum absolute atomic E-state index is 12.3. The second-order valence-electron chi connectivity index (χ2n) is 5.48. The fraction of sp³-hybridized carbons (Fsp3) is 0.111. The summed E-state index contributed by atoms with van der Waals surface area (Å²) < 4.78 is 0. The summed E-state index contributed by atoms with van der Waals surface area (Å²) in [5.74, 6) is -0.426. The van der Waals surface area contributed by atoms with Crippen LogP contribution in [0.5, 0.6) is 0 Å². The van der Waals surface area contributed by atoms with Gasteiger partial charge in [0.1, 0.15) is 17.3 Å². The van der Waals surface area contributed by atoms with E-state index in [4.69, 9.17) is 5.26 Å². The van der Waals surface area contributed by atoms with Gasteiger partial charge in [0.2, 0.25) is 0 Å². The van der Waals surface area contributed by atoms with Gasteiger partial charge in [0.05, 0.1) is 11.2 Å². The third-order valence-corrected chi connectivity index (χ3v) is 3.64. The van der Waals surface area contributed by atoms with Crippen LogP contribution >= 0.6 is 0 Å². The Morgan fingerprint density at radius 2 is 1.96 bits per heavy atom. The molecule has 0 saturated carbocycles. The summed E-state index contributed by atoms with van der Waals surface area (Å²) in [5.41, 5.74) is 3.79. The van der Waals surface area contributed by atoms with Gasteiger partial charge < -0.3 is 5.32 Å². The number of nitrogens with one attached hydrogen (secondary N) is 2. The highest BCUT2D eigenvalue weighted by Gasteiger charge is 2.15.